The van der Waals surface area contributed by atoms with Crippen molar-refractivity contribution >= 4 is 10.0 Å². The van der Waals surface area contributed by atoms with Crippen LogP contribution in [-0.2, 0) is 16.6 Å². The van der Waals surface area contributed by atoms with Crippen LogP contribution in [-0.4, -0.2) is 44.2 Å². The van der Waals surface area contributed by atoms with E-state index in [1.165, 1.54) is 10.5 Å². The molecule has 1 fully saturated rings. The lowest BCUT2D eigenvalue weighted by Crippen LogP contribution is -2.32. The molecule has 0 unspecified atom stereocenters. The summed E-state index contributed by atoms with van der Waals surface area (Å²) in [6, 6.07) is -0.268. The molecule has 3 heterocycles. The van der Waals surface area contributed by atoms with Crippen LogP contribution in [0, 0.1) is 12.8 Å². The van der Waals surface area contributed by atoms with Crippen LogP contribution in [0.4, 0.5) is 0 Å². The van der Waals surface area contributed by atoms with Gasteiger partial charge in [-0.05, 0) is 25.7 Å². The van der Waals surface area contributed by atoms with Gasteiger partial charge in [0.2, 0.25) is 10.0 Å². The van der Waals surface area contributed by atoms with E-state index in [4.69, 9.17) is 0 Å². The molecule has 0 saturated carbocycles. The second kappa shape index (κ2) is 6.04. The molecule has 1 aliphatic heterocycles. The normalized spacial score (nSPS) is 19.7. The highest BCUT2D eigenvalue weighted by molar-refractivity contribution is 7.89. The van der Waals surface area contributed by atoms with Crippen molar-refractivity contribution in [3.8, 4) is 0 Å². The number of aromatic nitrogens is 5. The standard InChI is InChI=1S/C14H22N6O2S/c1-10(2)8-19-9-16-18-14(19)12-5-4-6-20(12)23(21,22)13-7-15-17-11(13)3/h7,9-10,12H,4-6,8H2,1-3H3,(H,15,17)/t12-/m0/s1. The first-order valence-corrected chi connectivity index (χ1v) is 9.24. The summed E-state index contributed by atoms with van der Waals surface area (Å²) >= 11 is 0. The minimum absolute atomic E-state index is 0.235. The molecule has 0 radical (unpaired) electrons. The summed E-state index contributed by atoms with van der Waals surface area (Å²) in [5.41, 5.74) is 0.555. The van der Waals surface area contributed by atoms with Gasteiger partial charge in [0.15, 0.2) is 5.82 Å². The Balaban J connectivity index is 1.95. The van der Waals surface area contributed by atoms with Crippen LogP contribution in [0.15, 0.2) is 17.4 Å². The number of nitrogens with zero attached hydrogens (tertiary/aromatic N) is 5. The lowest BCUT2D eigenvalue weighted by Gasteiger charge is -2.24. The van der Waals surface area contributed by atoms with Crippen molar-refractivity contribution in [2.24, 2.45) is 5.92 Å². The van der Waals surface area contributed by atoms with Gasteiger partial charge in [0, 0.05) is 13.1 Å². The summed E-state index contributed by atoms with van der Waals surface area (Å²) in [5.74, 6) is 1.16. The van der Waals surface area contributed by atoms with Gasteiger partial charge in [-0.1, -0.05) is 13.8 Å². The topological polar surface area (TPSA) is 96.8 Å². The van der Waals surface area contributed by atoms with E-state index in [0.717, 1.165) is 25.2 Å². The van der Waals surface area contributed by atoms with Crippen molar-refractivity contribution < 1.29 is 8.42 Å². The minimum atomic E-state index is -3.59. The lowest BCUT2D eigenvalue weighted by atomic mass is 10.2. The molecule has 23 heavy (non-hydrogen) atoms. The fourth-order valence-electron chi connectivity index (χ4n) is 3.07. The number of sulfonamides is 1. The Morgan fingerprint density at radius 3 is 2.87 bits per heavy atom. The van der Waals surface area contributed by atoms with E-state index in [9.17, 15) is 8.42 Å². The smallest absolute Gasteiger partial charge is 0.247 e. The fourth-order valence-corrected chi connectivity index (χ4v) is 4.84. The summed E-state index contributed by atoms with van der Waals surface area (Å²) in [6.45, 7) is 7.21. The zero-order chi connectivity index (χ0) is 16.6. The largest absolute Gasteiger partial charge is 0.316 e. The van der Waals surface area contributed by atoms with Crippen LogP contribution >= 0.6 is 0 Å². The molecule has 1 atom stereocenters. The van der Waals surface area contributed by atoms with Crippen molar-refractivity contribution in [3.63, 3.8) is 0 Å². The van der Waals surface area contributed by atoms with Crippen LogP contribution in [0.1, 0.15) is 44.2 Å². The maximum atomic E-state index is 13.0. The Hall–Kier alpha value is -1.74. The highest BCUT2D eigenvalue weighted by atomic mass is 32.2. The van der Waals surface area contributed by atoms with Crippen molar-refractivity contribution in [3.05, 3.63) is 24.0 Å². The Morgan fingerprint density at radius 2 is 2.22 bits per heavy atom. The first-order valence-electron chi connectivity index (χ1n) is 7.80. The predicted octanol–water partition coefficient (Wildman–Crippen LogP) is 1.49. The quantitative estimate of drug-likeness (QED) is 0.891. The van der Waals surface area contributed by atoms with Crippen LogP contribution in [0.2, 0.25) is 0 Å². The molecule has 1 N–H and O–H groups in total. The van der Waals surface area contributed by atoms with Gasteiger partial charge in [-0.2, -0.15) is 9.40 Å². The summed E-state index contributed by atoms with van der Waals surface area (Å²) in [4.78, 5) is 0.235. The van der Waals surface area contributed by atoms with Crippen molar-refractivity contribution in [1.82, 2.24) is 29.3 Å². The molecule has 1 saturated heterocycles. The molecule has 0 amide bonds. The van der Waals surface area contributed by atoms with E-state index >= 15 is 0 Å². The van der Waals surface area contributed by atoms with E-state index in [1.807, 2.05) is 4.57 Å². The second-order valence-electron chi connectivity index (χ2n) is 6.37. The zero-order valence-electron chi connectivity index (χ0n) is 13.6. The monoisotopic (exact) mass is 338 g/mol. The van der Waals surface area contributed by atoms with E-state index in [0.29, 0.717) is 18.2 Å². The van der Waals surface area contributed by atoms with E-state index < -0.39 is 10.0 Å². The van der Waals surface area contributed by atoms with Gasteiger partial charge in [0.05, 0.1) is 17.9 Å². The van der Waals surface area contributed by atoms with E-state index in [1.54, 1.807) is 13.3 Å². The molecule has 126 valence electrons. The Bertz CT molecular complexity index is 779. The molecular weight excluding hydrogens is 316 g/mol. The Labute approximate surface area is 136 Å². The molecule has 0 bridgehead atoms. The SMILES string of the molecule is Cc1[nH]ncc1S(=O)(=O)N1CCC[C@H]1c1nncn1CC(C)C. The molecule has 0 spiro atoms. The number of H-pyrrole nitrogens is 1. The second-order valence-corrected chi connectivity index (χ2v) is 8.23. The molecule has 0 aliphatic carbocycles. The molecule has 3 rings (SSSR count). The molecule has 9 heteroatoms. The zero-order valence-corrected chi connectivity index (χ0v) is 14.4. The summed E-state index contributed by atoms with van der Waals surface area (Å²) in [7, 11) is -3.59. The summed E-state index contributed by atoms with van der Waals surface area (Å²) in [5, 5.41) is 14.7. The lowest BCUT2D eigenvalue weighted by molar-refractivity contribution is 0.364. The minimum Gasteiger partial charge on any atom is -0.316 e. The van der Waals surface area contributed by atoms with E-state index in [2.05, 4.69) is 34.2 Å². The first kappa shape index (κ1) is 16.1. The summed E-state index contributed by atoms with van der Waals surface area (Å²) in [6.07, 6.45) is 4.63. The number of rotatable bonds is 5. The maximum Gasteiger partial charge on any atom is 0.247 e. The van der Waals surface area contributed by atoms with Crippen LogP contribution in [0.25, 0.3) is 0 Å². The first-order chi connectivity index (χ1) is 10.9. The number of hydrogen-bond donors (Lipinski definition) is 1. The van der Waals surface area contributed by atoms with Crippen LogP contribution in [0.3, 0.4) is 0 Å². The van der Waals surface area contributed by atoms with Gasteiger partial charge in [-0.25, -0.2) is 8.42 Å². The van der Waals surface area contributed by atoms with Crippen molar-refractivity contribution in [2.75, 3.05) is 6.54 Å². The maximum absolute atomic E-state index is 13.0. The van der Waals surface area contributed by atoms with Gasteiger partial charge in [0.1, 0.15) is 11.2 Å². The van der Waals surface area contributed by atoms with E-state index in [-0.39, 0.29) is 10.9 Å². The van der Waals surface area contributed by atoms with Crippen LogP contribution < -0.4 is 0 Å². The summed E-state index contributed by atoms with van der Waals surface area (Å²) < 4.78 is 29.4. The van der Waals surface area contributed by atoms with Crippen molar-refractivity contribution in [2.45, 2.75) is 51.1 Å². The molecule has 2 aromatic rings. The number of hydrogen-bond acceptors (Lipinski definition) is 5. The Kier molecular flexibility index (Phi) is 4.24. The molecule has 2 aromatic heterocycles. The average molecular weight is 338 g/mol. The number of nitrogens with one attached hydrogen (secondary N) is 1. The molecular formula is C14H22N6O2S. The number of aryl methyl sites for hydroxylation is 1. The van der Waals surface area contributed by atoms with Gasteiger partial charge in [-0.3, -0.25) is 5.10 Å². The van der Waals surface area contributed by atoms with Gasteiger partial charge < -0.3 is 4.57 Å². The van der Waals surface area contributed by atoms with Gasteiger partial charge >= 0.3 is 0 Å². The molecule has 0 aromatic carbocycles. The third-order valence-electron chi connectivity index (χ3n) is 4.08. The highest BCUT2D eigenvalue weighted by Gasteiger charge is 2.39. The third-order valence-corrected chi connectivity index (χ3v) is 6.10. The molecule has 8 nitrogen and oxygen atoms in total. The van der Waals surface area contributed by atoms with Crippen molar-refractivity contribution in [1.29, 1.82) is 0 Å². The molecule has 1 aliphatic rings. The fraction of sp³-hybridized carbons (Fsp3) is 0.643. The van der Waals surface area contributed by atoms with Crippen LogP contribution in [0.5, 0.6) is 0 Å². The van der Waals surface area contributed by atoms with Gasteiger partial charge in [-0.15, -0.1) is 10.2 Å². The average Bonchev–Trinajstić information content (AvgIpc) is 3.16. The third kappa shape index (κ3) is 2.90. The Morgan fingerprint density at radius 1 is 1.43 bits per heavy atom. The number of aromatic amines is 1. The van der Waals surface area contributed by atoms with Gasteiger partial charge in [0.25, 0.3) is 0 Å². The predicted molar refractivity (Wildman–Crippen MR) is 84.1 cm³/mol. The highest BCUT2D eigenvalue weighted by Crippen LogP contribution is 2.36.